The van der Waals surface area contributed by atoms with Crippen LogP contribution < -0.4 is 5.32 Å². The molecule has 0 aromatic carbocycles. The van der Waals surface area contributed by atoms with Crippen LogP contribution >= 0.6 is 0 Å². The zero-order valence-electron chi connectivity index (χ0n) is 15.0. The molecule has 2 aromatic rings. The van der Waals surface area contributed by atoms with Gasteiger partial charge in [0.15, 0.2) is 5.82 Å². The van der Waals surface area contributed by atoms with Crippen molar-refractivity contribution in [3.8, 4) is 0 Å². The van der Waals surface area contributed by atoms with E-state index in [0.717, 1.165) is 87.1 Å². The molecular formula is C17H28N6O. The van der Waals surface area contributed by atoms with E-state index in [1.807, 2.05) is 11.6 Å². The van der Waals surface area contributed by atoms with Gasteiger partial charge in [0.1, 0.15) is 16.9 Å². The number of nitrogens with one attached hydrogen (secondary N) is 1. The van der Waals surface area contributed by atoms with Gasteiger partial charge in [-0.1, -0.05) is 6.92 Å². The predicted octanol–water partition coefficient (Wildman–Crippen LogP) is 1.85. The van der Waals surface area contributed by atoms with E-state index in [2.05, 4.69) is 34.1 Å². The van der Waals surface area contributed by atoms with Gasteiger partial charge in [0.05, 0.1) is 18.9 Å². The molecule has 7 nitrogen and oxygen atoms in total. The Bertz CT molecular complexity index is 677. The molecule has 0 saturated carbocycles. The van der Waals surface area contributed by atoms with Gasteiger partial charge in [-0.3, -0.25) is 9.58 Å². The van der Waals surface area contributed by atoms with Crippen LogP contribution in [0.5, 0.6) is 0 Å². The Morgan fingerprint density at radius 3 is 2.67 bits per heavy atom. The van der Waals surface area contributed by atoms with E-state index < -0.39 is 0 Å². The van der Waals surface area contributed by atoms with Crippen LogP contribution in [-0.2, 0) is 17.7 Å². The average Bonchev–Trinajstić information content (AvgIpc) is 2.95. The van der Waals surface area contributed by atoms with E-state index in [-0.39, 0.29) is 0 Å². The van der Waals surface area contributed by atoms with Crippen molar-refractivity contribution in [2.24, 2.45) is 0 Å². The number of hydrogen-bond donors (Lipinski definition) is 1. The topological polar surface area (TPSA) is 68.1 Å². The molecule has 7 heteroatoms. The maximum Gasteiger partial charge on any atom is 0.156 e. The summed E-state index contributed by atoms with van der Waals surface area (Å²) in [6.45, 7) is 12.8. The van der Waals surface area contributed by atoms with Crippen molar-refractivity contribution in [1.82, 2.24) is 24.6 Å². The number of aromatic nitrogens is 4. The van der Waals surface area contributed by atoms with Crippen molar-refractivity contribution in [3.63, 3.8) is 0 Å². The van der Waals surface area contributed by atoms with Crippen LogP contribution in [0.4, 0.5) is 5.82 Å². The molecule has 0 atom stereocenters. The van der Waals surface area contributed by atoms with Gasteiger partial charge < -0.3 is 10.1 Å². The van der Waals surface area contributed by atoms with Gasteiger partial charge >= 0.3 is 0 Å². The van der Waals surface area contributed by atoms with Gasteiger partial charge in [-0.05, 0) is 26.8 Å². The fraction of sp³-hybridized carbons (Fsp3) is 0.706. The third-order valence-electron chi connectivity index (χ3n) is 4.46. The van der Waals surface area contributed by atoms with E-state index in [4.69, 9.17) is 9.72 Å². The largest absolute Gasteiger partial charge is 0.379 e. The molecule has 1 fully saturated rings. The summed E-state index contributed by atoms with van der Waals surface area (Å²) in [7, 11) is 0. The van der Waals surface area contributed by atoms with E-state index >= 15 is 0 Å². The Hall–Kier alpha value is -1.73. The van der Waals surface area contributed by atoms with Crippen molar-refractivity contribution < 1.29 is 4.74 Å². The predicted molar refractivity (Wildman–Crippen MR) is 95.5 cm³/mol. The molecule has 0 aliphatic carbocycles. The third-order valence-corrected chi connectivity index (χ3v) is 4.46. The maximum absolute atomic E-state index is 5.39. The van der Waals surface area contributed by atoms with Crippen LogP contribution in [0.3, 0.4) is 0 Å². The van der Waals surface area contributed by atoms with Crippen molar-refractivity contribution >= 4 is 16.9 Å². The summed E-state index contributed by atoms with van der Waals surface area (Å²) in [6.07, 6.45) is 1.92. The maximum atomic E-state index is 5.39. The number of aryl methyl sites for hydroxylation is 3. The first-order valence-electron chi connectivity index (χ1n) is 9.01. The fourth-order valence-electron chi connectivity index (χ4n) is 3.12. The Morgan fingerprint density at radius 2 is 1.96 bits per heavy atom. The summed E-state index contributed by atoms with van der Waals surface area (Å²) >= 11 is 0. The lowest BCUT2D eigenvalue weighted by Crippen LogP contribution is -2.37. The molecule has 1 saturated heterocycles. The first-order valence-corrected chi connectivity index (χ1v) is 9.01. The average molecular weight is 332 g/mol. The summed E-state index contributed by atoms with van der Waals surface area (Å²) in [6, 6.07) is 0. The minimum Gasteiger partial charge on any atom is -0.379 e. The van der Waals surface area contributed by atoms with Gasteiger partial charge in [-0.25, -0.2) is 9.97 Å². The number of rotatable bonds is 7. The first kappa shape index (κ1) is 17.1. The van der Waals surface area contributed by atoms with Crippen molar-refractivity contribution in [2.45, 2.75) is 40.2 Å². The summed E-state index contributed by atoms with van der Waals surface area (Å²) in [5.74, 6) is 1.79. The molecule has 0 spiro atoms. The second kappa shape index (κ2) is 7.90. The number of hydrogen-bond acceptors (Lipinski definition) is 6. The summed E-state index contributed by atoms with van der Waals surface area (Å²) in [5.41, 5.74) is 2.97. The number of fused-ring (bicyclic) bond motifs is 1. The quantitative estimate of drug-likeness (QED) is 0.781. The second-order valence-corrected chi connectivity index (χ2v) is 6.17. The van der Waals surface area contributed by atoms with Crippen molar-refractivity contribution in [2.75, 3.05) is 44.7 Å². The minimum atomic E-state index is 0.821. The van der Waals surface area contributed by atoms with Crippen LogP contribution in [0, 0.1) is 6.92 Å². The lowest BCUT2D eigenvalue weighted by molar-refractivity contribution is 0.0378. The second-order valence-electron chi connectivity index (χ2n) is 6.17. The first-order chi connectivity index (χ1) is 11.7. The highest BCUT2D eigenvalue weighted by Gasteiger charge is 2.15. The lowest BCUT2D eigenvalue weighted by Gasteiger charge is -2.26. The van der Waals surface area contributed by atoms with E-state index in [0.29, 0.717) is 0 Å². The number of morpholine rings is 1. The Labute approximate surface area is 143 Å². The normalized spacial score (nSPS) is 16.0. The van der Waals surface area contributed by atoms with Crippen LogP contribution in [0.1, 0.15) is 31.8 Å². The van der Waals surface area contributed by atoms with Crippen LogP contribution in [0.15, 0.2) is 0 Å². The van der Waals surface area contributed by atoms with Crippen molar-refractivity contribution in [1.29, 1.82) is 0 Å². The Balaban J connectivity index is 1.70. The highest BCUT2D eigenvalue weighted by atomic mass is 16.5. The molecule has 3 heterocycles. The Morgan fingerprint density at radius 1 is 1.17 bits per heavy atom. The molecular weight excluding hydrogens is 304 g/mol. The molecule has 24 heavy (non-hydrogen) atoms. The van der Waals surface area contributed by atoms with Gasteiger partial charge in [0.25, 0.3) is 0 Å². The fourth-order valence-corrected chi connectivity index (χ4v) is 3.12. The minimum absolute atomic E-state index is 0.821. The van der Waals surface area contributed by atoms with E-state index in [1.165, 1.54) is 0 Å². The molecule has 0 radical (unpaired) electrons. The highest BCUT2D eigenvalue weighted by Crippen LogP contribution is 2.23. The highest BCUT2D eigenvalue weighted by molar-refractivity contribution is 5.87. The molecule has 1 aliphatic heterocycles. The summed E-state index contributed by atoms with van der Waals surface area (Å²) in [5, 5.41) is 8.12. The molecule has 132 valence electrons. The van der Waals surface area contributed by atoms with Crippen molar-refractivity contribution in [3.05, 3.63) is 11.5 Å². The van der Waals surface area contributed by atoms with Crippen LogP contribution in [0.2, 0.25) is 0 Å². The monoisotopic (exact) mass is 332 g/mol. The summed E-state index contributed by atoms with van der Waals surface area (Å²) in [4.78, 5) is 11.8. The molecule has 0 bridgehead atoms. The van der Waals surface area contributed by atoms with Gasteiger partial charge in [-0.15, -0.1) is 0 Å². The number of anilines is 1. The lowest BCUT2D eigenvalue weighted by atomic mass is 10.3. The van der Waals surface area contributed by atoms with E-state index in [9.17, 15) is 0 Å². The number of nitrogens with zero attached hydrogens (tertiary/aromatic N) is 5. The van der Waals surface area contributed by atoms with Gasteiger partial charge in [-0.2, -0.15) is 5.10 Å². The van der Waals surface area contributed by atoms with Gasteiger partial charge in [0.2, 0.25) is 0 Å². The smallest absolute Gasteiger partial charge is 0.156 e. The van der Waals surface area contributed by atoms with E-state index in [1.54, 1.807) is 0 Å². The molecule has 2 aromatic heterocycles. The standard InChI is InChI=1S/C17H28N6O/c1-4-14-19-15-13(3)21-23(5-2)16(15)17(20-14)18-7-6-8-22-9-11-24-12-10-22/h4-12H2,1-3H3,(H,18,19,20). The molecule has 1 aliphatic rings. The zero-order valence-corrected chi connectivity index (χ0v) is 15.0. The molecule has 0 amide bonds. The Kier molecular flexibility index (Phi) is 5.63. The van der Waals surface area contributed by atoms with Gasteiger partial charge in [0, 0.05) is 32.6 Å². The zero-order chi connectivity index (χ0) is 16.9. The molecule has 1 N–H and O–H groups in total. The molecule has 3 rings (SSSR count). The van der Waals surface area contributed by atoms with Crippen LogP contribution in [0.25, 0.3) is 11.0 Å². The third kappa shape index (κ3) is 3.67. The summed E-state index contributed by atoms with van der Waals surface area (Å²) < 4.78 is 7.39. The number of ether oxygens (including phenoxy) is 1. The SMILES string of the molecule is CCc1nc(NCCCN2CCOCC2)c2c(n1)c(C)nn2CC. The van der Waals surface area contributed by atoms with Crippen LogP contribution in [-0.4, -0.2) is 64.0 Å². The molecule has 0 unspecified atom stereocenters.